The summed E-state index contributed by atoms with van der Waals surface area (Å²) in [6.07, 6.45) is 1.42. The standard InChI is InChI=1S/C20H22FNO4/c1-22-5-4-10-6-15(23)20(26-3)18-12-8-16(25-2)19(24)13(9-21)11(12)7-14(22)17(10)18/h6,8,14,23-24H,4-5,7,9H2,1-3H3. The van der Waals surface area contributed by atoms with Gasteiger partial charge >= 0.3 is 0 Å². The summed E-state index contributed by atoms with van der Waals surface area (Å²) in [6.45, 7) is 0.0659. The number of phenolic OH excluding ortho intramolecular Hbond substituents is 2. The minimum atomic E-state index is -0.787. The Hall–Kier alpha value is -2.47. The number of nitrogens with zero attached hydrogens (tertiary/aromatic N) is 1. The molecule has 0 fully saturated rings. The molecule has 1 unspecified atom stereocenters. The summed E-state index contributed by atoms with van der Waals surface area (Å²) in [6, 6.07) is 3.54. The highest BCUT2D eigenvalue weighted by Gasteiger charge is 2.38. The Balaban J connectivity index is 2.12. The average molecular weight is 359 g/mol. The third-order valence-electron chi connectivity index (χ3n) is 5.69. The molecule has 4 rings (SSSR count). The summed E-state index contributed by atoms with van der Waals surface area (Å²) in [5.41, 5.74) is 4.71. The van der Waals surface area contributed by atoms with E-state index >= 15 is 0 Å². The maximum atomic E-state index is 13.8. The Morgan fingerprint density at radius 3 is 2.65 bits per heavy atom. The Labute approximate surface area is 151 Å². The van der Waals surface area contributed by atoms with Crippen molar-refractivity contribution in [2.75, 3.05) is 27.8 Å². The lowest BCUT2D eigenvalue weighted by Crippen LogP contribution is -2.36. The second kappa shape index (κ2) is 6.06. The molecule has 2 N–H and O–H groups in total. The molecule has 138 valence electrons. The summed E-state index contributed by atoms with van der Waals surface area (Å²) in [7, 11) is 5.00. The fraction of sp³-hybridized carbons (Fsp3) is 0.400. The molecule has 0 bridgehead atoms. The van der Waals surface area contributed by atoms with E-state index in [0.29, 0.717) is 12.2 Å². The van der Waals surface area contributed by atoms with Crippen molar-refractivity contribution in [2.45, 2.75) is 25.6 Å². The van der Waals surface area contributed by atoms with Gasteiger partial charge in [0.15, 0.2) is 23.0 Å². The van der Waals surface area contributed by atoms with Gasteiger partial charge in [-0.05, 0) is 54.3 Å². The molecule has 1 aliphatic heterocycles. The monoisotopic (exact) mass is 359 g/mol. The average Bonchev–Trinajstić information content (AvgIpc) is 2.64. The minimum absolute atomic E-state index is 0.0499. The predicted molar refractivity (Wildman–Crippen MR) is 95.9 cm³/mol. The first kappa shape index (κ1) is 17.0. The first-order chi connectivity index (χ1) is 12.5. The molecule has 2 aromatic rings. The molecule has 0 radical (unpaired) electrons. The number of alkyl halides is 1. The summed E-state index contributed by atoms with van der Waals surface area (Å²) in [5.74, 6) is 0.516. The van der Waals surface area contributed by atoms with Crippen molar-refractivity contribution in [1.82, 2.24) is 4.90 Å². The maximum absolute atomic E-state index is 13.8. The van der Waals surface area contributed by atoms with E-state index in [0.717, 1.165) is 40.8 Å². The second-order valence-electron chi connectivity index (χ2n) is 6.89. The van der Waals surface area contributed by atoms with Crippen LogP contribution in [0.2, 0.25) is 0 Å². The smallest absolute Gasteiger partial charge is 0.168 e. The SMILES string of the molecule is COc1cc2c(c(CF)c1O)CC1c3c(cc(O)c(OC)c3-2)CCN1C. The molecule has 0 saturated carbocycles. The largest absolute Gasteiger partial charge is 0.504 e. The van der Waals surface area contributed by atoms with Crippen LogP contribution in [0.25, 0.3) is 11.1 Å². The number of benzene rings is 2. The number of methoxy groups -OCH3 is 2. The zero-order valence-corrected chi connectivity index (χ0v) is 15.1. The van der Waals surface area contributed by atoms with Crippen LogP contribution in [0, 0.1) is 0 Å². The highest BCUT2D eigenvalue weighted by atomic mass is 19.1. The van der Waals surface area contributed by atoms with Gasteiger partial charge < -0.3 is 19.7 Å². The molecule has 0 spiro atoms. The van der Waals surface area contributed by atoms with E-state index in [1.54, 1.807) is 12.1 Å². The van der Waals surface area contributed by atoms with E-state index in [2.05, 4.69) is 4.90 Å². The van der Waals surface area contributed by atoms with Gasteiger partial charge in [-0.2, -0.15) is 0 Å². The van der Waals surface area contributed by atoms with Crippen LogP contribution in [0.15, 0.2) is 12.1 Å². The third-order valence-corrected chi connectivity index (χ3v) is 5.69. The molecule has 2 aliphatic rings. The van der Waals surface area contributed by atoms with Gasteiger partial charge in [0.05, 0.1) is 14.2 Å². The summed E-state index contributed by atoms with van der Waals surface area (Å²) in [5, 5.41) is 20.9. The van der Waals surface area contributed by atoms with Crippen molar-refractivity contribution in [3.8, 4) is 34.1 Å². The van der Waals surface area contributed by atoms with Crippen molar-refractivity contribution in [3.05, 3.63) is 34.4 Å². The van der Waals surface area contributed by atoms with Crippen molar-refractivity contribution in [1.29, 1.82) is 0 Å². The van der Waals surface area contributed by atoms with Gasteiger partial charge in [0.25, 0.3) is 0 Å². The van der Waals surface area contributed by atoms with Crippen molar-refractivity contribution < 1.29 is 24.1 Å². The van der Waals surface area contributed by atoms with Gasteiger partial charge in [-0.25, -0.2) is 4.39 Å². The van der Waals surface area contributed by atoms with E-state index in [1.165, 1.54) is 14.2 Å². The quantitative estimate of drug-likeness (QED) is 0.880. The number of likely N-dealkylation sites (N-methyl/N-ethyl adjacent to an activating group) is 1. The van der Waals surface area contributed by atoms with Crippen molar-refractivity contribution >= 4 is 0 Å². The number of aromatic hydroxyl groups is 2. The Morgan fingerprint density at radius 1 is 1.23 bits per heavy atom. The number of fused-ring (bicyclic) bond motifs is 2. The van der Waals surface area contributed by atoms with Crippen LogP contribution in [0.5, 0.6) is 23.0 Å². The zero-order chi connectivity index (χ0) is 18.6. The Morgan fingerprint density at radius 2 is 2.00 bits per heavy atom. The molecule has 1 atom stereocenters. The molecule has 2 aromatic carbocycles. The van der Waals surface area contributed by atoms with Gasteiger partial charge in [-0.1, -0.05) is 0 Å². The summed E-state index contributed by atoms with van der Waals surface area (Å²) < 4.78 is 24.6. The van der Waals surface area contributed by atoms with E-state index in [9.17, 15) is 14.6 Å². The van der Waals surface area contributed by atoms with Crippen LogP contribution in [-0.2, 0) is 19.5 Å². The Kier molecular flexibility index (Phi) is 3.95. The summed E-state index contributed by atoms with van der Waals surface area (Å²) >= 11 is 0. The van der Waals surface area contributed by atoms with Crippen molar-refractivity contribution in [2.24, 2.45) is 0 Å². The Bertz CT molecular complexity index is 896. The van der Waals surface area contributed by atoms with Gasteiger partial charge in [0.2, 0.25) is 0 Å². The van der Waals surface area contributed by atoms with Gasteiger partial charge in [-0.3, -0.25) is 4.90 Å². The number of hydrogen-bond acceptors (Lipinski definition) is 5. The minimum Gasteiger partial charge on any atom is -0.504 e. The lowest BCUT2D eigenvalue weighted by molar-refractivity contribution is 0.225. The molecule has 0 amide bonds. The maximum Gasteiger partial charge on any atom is 0.168 e. The molecule has 1 heterocycles. The molecular formula is C20H22FNO4. The molecule has 0 aromatic heterocycles. The number of rotatable bonds is 3. The fourth-order valence-corrected chi connectivity index (χ4v) is 4.40. The fourth-order valence-electron chi connectivity index (χ4n) is 4.40. The number of hydrogen-bond donors (Lipinski definition) is 2. The van der Waals surface area contributed by atoms with Gasteiger partial charge in [0.1, 0.15) is 6.67 Å². The van der Waals surface area contributed by atoms with E-state index in [4.69, 9.17) is 9.47 Å². The van der Waals surface area contributed by atoms with Crippen LogP contribution >= 0.6 is 0 Å². The van der Waals surface area contributed by atoms with Crippen molar-refractivity contribution in [3.63, 3.8) is 0 Å². The predicted octanol–water partition coefficient (Wildman–Crippen LogP) is 3.34. The molecule has 5 nitrogen and oxygen atoms in total. The number of halogens is 1. The van der Waals surface area contributed by atoms with Crippen LogP contribution in [-0.4, -0.2) is 42.9 Å². The molecule has 0 saturated heterocycles. The van der Waals surface area contributed by atoms with Crippen LogP contribution in [0.1, 0.15) is 28.3 Å². The second-order valence-corrected chi connectivity index (χ2v) is 6.89. The third kappa shape index (κ3) is 2.18. The van der Waals surface area contributed by atoms with E-state index < -0.39 is 6.67 Å². The number of phenols is 2. The van der Waals surface area contributed by atoms with Crippen LogP contribution in [0.3, 0.4) is 0 Å². The molecular weight excluding hydrogens is 337 g/mol. The highest BCUT2D eigenvalue weighted by Crippen LogP contribution is 2.54. The van der Waals surface area contributed by atoms with E-state index in [1.807, 2.05) is 7.05 Å². The first-order valence-electron chi connectivity index (χ1n) is 8.62. The van der Waals surface area contributed by atoms with Crippen LogP contribution < -0.4 is 9.47 Å². The topological polar surface area (TPSA) is 62.2 Å². The highest BCUT2D eigenvalue weighted by molar-refractivity contribution is 5.86. The van der Waals surface area contributed by atoms with Gasteiger partial charge in [-0.15, -0.1) is 0 Å². The normalized spacial score (nSPS) is 18.2. The molecule has 6 heteroatoms. The summed E-state index contributed by atoms with van der Waals surface area (Å²) in [4.78, 5) is 2.23. The first-order valence-corrected chi connectivity index (χ1v) is 8.62. The molecule has 1 aliphatic carbocycles. The van der Waals surface area contributed by atoms with Crippen LogP contribution in [0.4, 0.5) is 4.39 Å². The van der Waals surface area contributed by atoms with Gasteiger partial charge in [0, 0.05) is 23.7 Å². The number of ether oxygens (including phenoxy) is 2. The van der Waals surface area contributed by atoms with E-state index in [-0.39, 0.29) is 28.9 Å². The lowest BCUT2D eigenvalue weighted by atomic mass is 9.75. The zero-order valence-electron chi connectivity index (χ0n) is 15.1. The molecule has 26 heavy (non-hydrogen) atoms. The lowest BCUT2D eigenvalue weighted by Gasteiger charge is -2.41.